The monoisotopic (exact) mass is 430 g/mol. The van der Waals surface area contributed by atoms with Crippen molar-refractivity contribution in [3.63, 3.8) is 0 Å². The summed E-state index contributed by atoms with van der Waals surface area (Å²) in [6.07, 6.45) is 8.30. The molecule has 0 bridgehead atoms. The van der Waals surface area contributed by atoms with E-state index in [0.29, 0.717) is 35.9 Å². The van der Waals surface area contributed by atoms with Crippen molar-refractivity contribution in [1.29, 1.82) is 0 Å². The van der Waals surface area contributed by atoms with Crippen LogP contribution in [0.3, 0.4) is 0 Å². The number of cyclic esters (lactones) is 1. The Balaban J connectivity index is 1.49. The molecule has 4 heteroatoms. The predicted molar refractivity (Wildman–Crippen MR) is 119 cm³/mol. The number of hydrogen-bond acceptors (Lipinski definition) is 4. The molecule has 0 spiro atoms. The number of aliphatic hydroxyl groups is 1. The second-order valence-corrected chi connectivity index (χ2v) is 13.4. The third-order valence-corrected chi connectivity index (χ3v) is 12.1. The van der Waals surface area contributed by atoms with Crippen LogP contribution in [-0.4, -0.2) is 28.6 Å². The van der Waals surface area contributed by atoms with E-state index in [0.717, 1.165) is 25.7 Å². The van der Waals surface area contributed by atoms with E-state index in [-0.39, 0.29) is 21.7 Å². The van der Waals surface area contributed by atoms with E-state index in [4.69, 9.17) is 4.74 Å². The van der Waals surface area contributed by atoms with Crippen LogP contribution < -0.4 is 0 Å². The fourth-order valence-electron chi connectivity index (χ4n) is 10.3. The Morgan fingerprint density at radius 1 is 0.806 bits per heavy atom. The lowest BCUT2D eigenvalue weighted by molar-refractivity contribution is -0.207. The van der Waals surface area contributed by atoms with E-state index in [1.165, 1.54) is 25.7 Å². The Morgan fingerprint density at radius 2 is 1.48 bits per heavy atom. The largest absolute Gasteiger partial charge is 0.457 e. The summed E-state index contributed by atoms with van der Waals surface area (Å²) in [6, 6.07) is 0. The van der Waals surface area contributed by atoms with Crippen LogP contribution in [0.2, 0.25) is 0 Å². The lowest BCUT2D eigenvalue weighted by Crippen LogP contribution is -2.63. The van der Waals surface area contributed by atoms with E-state index in [2.05, 4.69) is 41.5 Å². The van der Waals surface area contributed by atoms with Crippen molar-refractivity contribution in [1.82, 2.24) is 0 Å². The van der Waals surface area contributed by atoms with Gasteiger partial charge in [0.25, 0.3) is 0 Å². The molecule has 174 valence electrons. The van der Waals surface area contributed by atoms with Gasteiger partial charge in [-0.2, -0.15) is 0 Å². The Kier molecular flexibility index (Phi) is 4.50. The zero-order valence-corrected chi connectivity index (χ0v) is 20.4. The van der Waals surface area contributed by atoms with Crippen molar-refractivity contribution in [3.8, 4) is 0 Å². The SMILES string of the molecule is CC1(C)C(=O)CC[C@]2(C)[C@H]3CC[C@@H]4[C@@H]([C@]5(C)C[C@H](O)C(=O)O5)CC[C@@]4(C)[C@]3(C)CC[C@@H]12. The first-order valence-corrected chi connectivity index (χ1v) is 12.7. The summed E-state index contributed by atoms with van der Waals surface area (Å²) in [5, 5.41) is 10.1. The molecule has 0 unspecified atom stereocenters. The molecule has 0 aromatic rings. The normalized spacial score (nSPS) is 55.9. The maximum Gasteiger partial charge on any atom is 0.335 e. The lowest BCUT2D eigenvalue weighted by atomic mass is 9.35. The molecule has 31 heavy (non-hydrogen) atoms. The van der Waals surface area contributed by atoms with Crippen molar-refractivity contribution in [2.75, 3.05) is 0 Å². The van der Waals surface area contributed by atoms with Gasteiger partial charge in [0.1, 0.15) is 11.4 Å². The fraction of sp³-hybridized carbons (Fsp3) is 0.926. The van der Waals surface area contributed by atoms with Crippen LogP contribution in [0.15, 0.2) is 0 Å². The van der Waals surface area contributed by atoms with Crippen LogP contribution in [0, 0.1) is 45.3 Å². The second-order valence-electron chi connectivity index (χ2n) is 13.4. The van der Waals surface area contributed by atoms with Gasteiger partial charge in [-0.25, -0.2) is 4.79 Å². The number of Topliss-reactive ketones (excluding diaryl/α,β-unsaturated/α-hetero) is 1. The molecule has 0 radical (unpaired) electrons. The summed E-state index contributed by atoms with van der Waals surface area (Å²) in [5.74, 6) is 2.05. The molecular weight excluding hydrogens is 388 g/mol. The van der Waals surface area contributed by atoms with Gasteiger partial charge < -0.3 is 9.84 Å². The van der Waals surface area contributed by atoms with Crippen molar-refractivity contribution < 1.29 is 19.4 Å². The lowest BCUT2D eigenvalue weighted by Gasteiger charge is -2.69. The molecule has 5 aliphatic rings. The number of hydrogen-bond donors (Lipinski definition) is 1. The first-order chi connectivity index (χ1) is 14.3. The minimum Gasteiger partial charge on any atom is -0.457 e. The summed E-state index contributed by atoms with van der Waals surface area (Å²) in [4.78, 5) is 24.9. The molecule has 0 amide bonds. The van der Waals surface area contributed by atoms with E-state index in [1.54, 1.807) is 0 Å². The molecule has 4 aliphatic carbocycles. The standard InChI is InChI=1S/C27H42O4/c1-23(2)19-10-14-26(5)20(24(19,3)12-11-21(23)29)8-7-16-17(9-13-25(16,26)4)27(6)15-18(28)22(30)31-27/h16-20,28H,7-15H2,1-6H3/t16-,17+,18+,19+,20-,24+,25-,26-,27+/m1/s1. The van der Waals surface area contributed by atoms with Gasteiger partial charge in [0, 0.05) is 24.2 Å². The molecule has 5 rings (SSSR count). The van der Waals surface area contributed by atoms with E-state index >= 15 is 0 Å². The van der Waals surface area contributed by atoms with Gasteiger partial charge in [-0.1, -0.05) is 34.6 Å². The van der Waals surface area contributed by atoms with Crippen LogP contribution in [0.4, 0.5) is 0 Å². The zero-order chi connectivity index (χ0) is 22.6. The molecule has 4 nitrogen and oxygen atoms in total. The topological polar surface area (TPSA) is 63.6 Å². The second kappa shape index (κ2) is 6.36. The highest BCUT2D eigenvalue weighted by atomic mass is 16.6. The van der Waals surface area contributed by atoms with E-state index < -0.39 is 17.7 Å². The number of ether oxygens (including phenoxy) is 1. The van der Waals surface area contributed by atoms with Crippen molar-refractivity contribution in [3.05, 3.63) is 0 Å². The Bertz CT molecular complexity index is 818. The highest BCUT2D eigenvalue weighted by Gasteiger charge is 2.70. The summed E-state index contributed by atoms with van der Waals surface area (Å²) >= 11 is 0. The van der Waals surface area contributed by atoms with Crippen LogP contribution in [0.25, 0.3) is 0 Å². The highest BCUT2D eigenvalue weighted by molar-refractivity contribution is 5.85. The van der Waals surface area contributed by atoms with E-state index in [9.17, 15) is 14.7 Å². The van der Waals surface area contributed by atoms with Crippen molar-refractivity contribution in [2.24, 2.45) is 45.3 Å². The highest BCUT2D eigenvalue weighted by Crippen LogP contribution is 2.75. The number of ketones is 1. The number of fused-ring (bicyclic) bond motifs is 5. The Hall–Kier alpha value is -0.900. The van der Waals surface area contributed by atoms with Gasteiger partial charge in [0.15, 0.2) is 6.10 Å². The van der Waals surface area contributed by atoms with Crippen LogP contribution in [0.5, 0.6) is 0 Å². The molecule has 1 saturated heterocycles. The molecule has 0 aromatic carbocycles. The van der Waals surface area contributed by atoms with E-state index in [1.807, 2.05) is 0 Å². The number of carbonyl (C=O) groups is 2. The predicted octanol–water partition coefficient (Wildman–Crippen LogP) is 5.31. The number of rotatable bonds is 1. The number of aliphatic hydroxyl groups excluding tert-OH is 1. The minimum absolute atomic E-state index is 0.202. The van der Waals surface area contributed by atoms with Gasteiger partial charge in [-0.3, -0.25) is 4.79 Å². The maximum absolute atomic E-state index is 12.8. The summed E-state index contributed by atoms with van der Waals surface area (Å²) in [6.45, 7) is 14.1. The molecule has 1 aliphatic heterocycles. The third kappa shape index (κ3) is 2.58. The molecule has 0 aromatic heterocycles. The van der Waals surface area contributed by atoms with Gasteiger partial charge in [-0.05, 0) is 85.9 Å². The number of carbonyl (C=O) groups excluding carboxylic acids is 2. The maximum atomic E-state index is 12.8. The smallest absolute Gasteiger partial charge is 0.335 e. The molecule has 4 saturated carbocycles. The summed E-state index contributed by atoms with van der Waals surface area (Å²) in [7, 11) is 0. The minimum atomic E-state index is -0.958. The van der Waals surface area contributed by atoms with Crippen LogP contribution in [-0.2, 0) is 14.3 Å². The summed E-state index contributed by atoms with van der Waals surface area (Å²) in [5.41, 5.74) is -0.0159. The van der Waals surface area contributed by atoms with Gasteiger partial charge in [0.05, 0.1) is 0 Å². The van der Waals surface area contributed by atoms with Gasteiger partial charge in [0.2, 0.25) is 0 Å². The first kappa shape index (κ1) is 21.9. The molecule has 1 heterocycles. The Labute approximate surface area is 187 Å². The molecule has 1 N–H and O–H groups in total. The first-order valence-electron chi connectivity index (χ1n) is 12.7. The van der Waals surface area contributed by atoms with Crippen LogP contribution in [0.1, 0.15) is 99.3 Å². The quantitative estimate of drug-likeness (QED) is 0.573. The molecule has 9 atom stereocenters. The van der Waals surface area contributed by atoms with Crippen molar-refractivity contribution >= 4 is 11.8 Å². The van der Waals surface area contributed by atoms with Gasteiger partial charge in [-0.15, -0.1) is 0 Å². The van der Waals surface area contributed by atoms with Crippen molar-refractivity contribution in [2.45, 2.75) is 111 Å². The summed E-state index contributed by atoms with van der Waals surface area (Å²) < 4.78 is 5.83. The number of esters is 1. The Morgan fingerprint density at radius 3 is 2.13 bits per heavy atom. The third-order valence-electron chi connectivity index (χ3n) is 12.1. The fourth-order valence-corrected chi connectivity index (χ4v) is 10.3. The van der Waals surface area contributed by atoms with Gasteiger partial charge >= 0.3 is 5.97 Å². The average Bonchev–Trinajstić information content (AvgIpc) is 3.16. The van der Waals surface area contributed by atoms with Crippen LogP contribution >= 0.6 is 0 Å². The molecular formula is C27H42O4. The zero-order valence-electron chi connectivity index (χ0n) is 20.4. The average molecular weight is 431 g/mol. The molecule has 5 fully saturated rings.